The molecule has 1 aliphatic heterocycles. The maximum atomic E-state index is 9.91. The zero-order chi connectivity index (χ0) is 11.8. The largest absolute Gasteiger partial charge is 0.392 e. The second-order valence-electron chi connectivity index (χ2n) is 4.81. The number of rotatable bonds is 2. The highest BCUT2D eigenvalue weighted by molar-refractivity contribution is 5.48. The number of aliphatic hydroxyl groups is 2. The van der Waals surface area contributed by atoms with Crippen LogP contribution in [-0.2, 0) is 6.61 Å². The van der Waals surface area contributed by atoms with Gasteiger partial charge in [-0.2, -0.15) is 0 Å². The molecule has 1 fully saturated rings. The van der Waals surface area contributed by atoms with Crippen LogP contribution < -0.4 is 4.90 Å². The molecule has 1 saturated heterocycles. The summed E-state index contributed by atoms with van der Waals surface area (Å²) in [6.45, 7) is 5.31. The van der Waals surface area contributed by atoms with Crippen molar-refractivity contribution >= 4 is 5.82 Å². The summed E-state index contributed by atoms with van der Waals surface area (Å²) in [6, 6.07) is 1.94. The average molecular weight is 222 g/mol. The van der Waals surface area contributed by atoms with E-state index in [1.807, 2.05) is 19.9 Å². The summed E-state index contributed by atoms with van der Waals surface area (Å²) in [4.78, 5) is 6.45. The normalized spacial score (nSPS) is 25.1. The van der Waals surface area contributed by atoms with E-state index < -0.39 is 5.60 Å². The highest BCUT2D eigenvalue weighted by Gasteiger charge is 2.32. The molecule has 1 aliphatic rings. The predicted octanol–water partition coefficient (Wildman–Crippen LogP) is 0.843. The zero-order valence-electron chi connectivity index (χ0n) is 9.77. The standard InChI is InChI=1S/C12H18N2O2/c1-9-5-10(7-15)6-13-11(9)14-4-3-12(2,16)8-14/h5-6,15-16H,3-4,7-8H2,1-2H3. The van der Waals surface area contributed by atoms with Crippen LogP contribution in [0.25, 0.3) is 0 Å². The van der Waals surface area contributed by atoms with E-state index in [9.17, 15) is 5.11 Å². The second kappa shape index (κ2) is 4.03. The summed E-state index contributed by atoms with van der Waals surface area (Å²) in [5.74, 6) is 0.912. The maximum absolute atomic E-state index is 9.91. The molecule has 0 bridgehead atoms. The highest BCUT2D eigenvalue weighted by atomic mass is 16.3. The molecule has 4 heteroatoms. The summed E-state index contributed by atoms with van der Waals surface area (Å²) in [5.41, 5.74) is 1.26. The Balaban J connectivity index is 2.22. The summed E-state index contributed by atoms with van der Waals surface area (Å²) >= 11 is 0. The molecule has 2 N–H and O–H groups in total. The molecule has 0 aliphatic carbocycles. The molecule has 1 aromatic rings. The van der Waals surface area contributed by atoms with Gasteiger partial charge in [0.1, 0.15) is 5.82 Å². The number of nitrogens with zero attached hydrogens (tertiary/aromatic N) is 2. The number of aromatic nitrogens is 1. The Kier molecular flexibility index (Phi) is 2.86. The molecule has 2 rings (SSSR count). The minimum atomic E-state index is -0.607. The van der Waals surface area contributed by atoms with Gasteiger partial charge in [-0.1, -0.05) is 0 Å². The number of hydrogen-bond acceptors (Lipinski definition) is 4. The molecule has 1 atom stereocenters. The average Bonchev–Trinajstić information content (AvgIpc) is 2.58. The van der Waals surface area contributed by atoms with Gasteiger partial charge < -0.3 is 15.1 Å². The summed E-state index contributed by atoms with van der Waals surface area (Å²) < 4.78 is 0. The van der Waals surface area contributed by atoms with Crippen LogP contribution in [0.3, 0.4) is 0 Å². The Labute approximate surface area is 95.5 Å². The van der Waals surface area contributed by atoms with Gasteiger partial charge in [-0.15, -0.1) is 0 Å². The molecule has 1 aromatic heterocycles. The first-order valence-corrected chi connectivity index (χ1v) is 5.55. The minimum Gasteiger partial charge on any atom is -0.392 e. The molecule has 1 unspecified atom stereocenters. The first-order chi connectivity index (χ1) is 7.52. The van der Waals surface area contributed by atoms with Crippen molar-refractivity contribution < 1.29 is 10.2 Å². The maximum Gasteiger partial charge on any atom is 0.131 e. The van der Waals surface area contributed by atoms with E-state index >= 15 is 0 Å². The lowest BCUT2D eigenvalue weighted by Crippen LogP contribution is -2.30. The van der Waals surface area contributed by atoms with Crippen LogP contribution in [0.2, 0.25) is 0 Å². The number of aliphatic hydroxyl groups excluding tert-OH is 1. The van der Waals surface area contributed by atoms with Crippen LogP contribution in [0, 0.1) is 6.92 Å². The Morgan fingerprint density at radius 3 is 2.81 bits per heavy atom. The third kappa shape index (κ3) is 2.18. The number of anilines is 1. The van der Waals surface area contributed by atoms with Gasteiger partial charge in [0.2, 0.25) is 0 Å². The minimum absolute atomic E-state index is 0.0197. The molecule has 0 amide bonds. The van der Waals surface area contributed by atoms with E-state index in [-0.39, 0.29) is 6.61 Å². The van der Waals surface area contributed by atoms with Gasteiger partial charge >= 0.3 is 0 Å². The molecule has 16 heavy (non-hydrogen) atoms. The molecule has 0 radical (unpaired) electrons. The summed E-state index contributed by atoms with van der Waals surface area (Å²) in [6.07, 6.45) is 2.46. The van der Waals surface area contributed by atoms with Crippen molar-refractivity contribution in [1.82, 2.24) is 4.98 Å². The van der Waals surface area contributed by atoms with Gasteiger partial charge in [0.15, 0.2) is 0 Å². The molecule has 2 heterocycles. The fraction of sp³-hybridized carbons (Fsp3) is 0.583. The van der Waals surface area contributed by atoms with Crippen molar-refractivity contribution in [3.8, 4) is 0 Å². The van der Waals surface area contributed by atoms with Crippen molar-refractivity contribution in [2.75, 3.05) is 18.0 Å². The first-order valence-electron chi connectivity index (χ1n) is 5.55. The second-order valence-corrected chi connectivity index (χ2v) is 4.81. The Hall–Kier alpha value is -1.13. The molecule has 0 spiro atoms. The quantitative estimate of drug-likeness (QED) is 0.778. The molecule has 88 valence electrons. The smallest absolute Gasteiger partial charge is 0.131 e. The van der Waals surface area contributed by atoms with E-state index in [2.05, 4.69) is 9.88 Å². The van der Waals surface area contributed by atoms with Crippen molar-refractivity contribution in [2.24, 2.45) is 0 Å². The molecule has 0 aromatic carbocycles. The number of pyridine rings is 1. The molecular weight excluding hydrogens is 204 g/mol. The first kappa shape index (κ1) is 11.4. The van der Waals surface area contributed by atoms with Crippen LogP contribution in [0.4, 0.5) is 5.82 Å². The van der Waals surface area contributed by atoms with E-state index in [1.54, 1.807) is 6.20 Å². The van der Waals surface area contributed by atoms with Crippen LogP contribution in [0.5, 0.6) is 0 Å². The Bertz CT molecular complexity index is 391. The SMILES string of the molecule is Cc1cc(CO)cnc1N1CCC(C)(O)C1. The van der Waals surface area contributed by atoms with E-state index in [0.717, 1.165) is 29.9 Å². The lowest BCUT2D eigenvalue weighted by atomic mass is 10.1. The van der Waals surface area contributed by atoms with Crippen LogP contribution in [0.15, 0.2) is 12.3 Å². The van der Waals surface area contributed by atoms with Gasteiger partial charge in [0.25, 0.3) is 0 Å². The van der Waals surface area contributed by atoms with E-state index in [1.165, 1.54) is 0 Å². The fourth-order valence-electron chi connectivity index (χ4n) is 2.17. The van der Waals surface area contributed by atoms with Gasteiger partial charge in [0, 0.05) is 19.3 Å². The monoisotopic (exact) mass is 222 g/mol. The van der Waals surface area contributed by atoms with Crippen LogP contribution in [0.1, 0.15) is 24.5 Å². The van der Waals surface area contributed by atoms with Gasteiger partial charge in [0.05, 0.1) is 12.2 Å². The number of β-amino-alcohol motifs (C(OH)–C–C–N with tert-alkyl or cyclic N) is 1. The summed E-state index contributed by atoms with van der Waals surface area (Å²) in [7, 11) is 0. The van der Waals surface area contributed by atoms with Gasteiger partial charge in [-0.05, 0) is 37.5 Å². The zero-order valence-corrected chi connectivity index (χ0v) is 9.77. The van der Waals surface area contributed by atoms with Crippen molar-refractivity contribution in [2.45, 2.75) is 32.5 Å². The van der Waals surface area contributed by atoms with Crippen molar-refractivity contribution in [3.05, 3.63) is 23.4 Å². The van der Waals surface area contributed by atoms with Crippen molar-refractivity contribution in [3.63, 3.8) is 0 Å². The molecular formula is C12H18N2O2. The Morgan fingerprint density at radius 2 is 2.31 bits per heavy atom. The highest BCUT2D eigenvalue weighted by Crippen LogP contribution is 2.27. The number of hydrogen-bond donors (Lipinski definition) is 2. The third-order valence-electron chi connectivity index (χ3n) is 3.04. The summed E-state index contributed by atoms with van der Waals surface area (Å²) in [5, 5.41) is 18.9. The van der Waals surface area contributed by atoms with Gasteiger partial charge in [-0.3, -0.25) is 0 Å². The van der Waals surface area contributed by atoms with Crippen LogP contribution >= 0.6 is 0 Å². The Morgan fingerprint density at radius 1 is 1.56 bits per heavy atom. The van der Waals surface area contributed by atoms with Crippen LogP contribution in [-0.4, -0.2) is 33.9 Å². The lowest BCUT2D eigenvalue weighted by molar-refractivity contribution is 0.0839. The van der Waals surface area contributed by atoms with Crippen molar-refractivity contribution in [1.29, 1.82) is 0 Å². The fourth-order valence-corrected chi connectivity index (χ4v) is 2.17. The molecule has 4 nitrogen and oxygen atoms in total. The number of aryl methyl sites for hydroxylation is 1. The third-order valence-corrected chi connectivity index (χ3v) is 3.04. The van der Waals surface area contributed by atoms with Gasteiger partial charge in [-0.25, -0.2) is 4.98 Å². The predicted molar refractivity (Wildman–Crippen MR) is 62.4 cm³/mol. The van der Waals surface area contributed by atoms with E-state index in [0.29, 0.717) is 6.54 Å². The molecule has 0 saturated carbocycles. The topological polar surface area (TPSA) is 56.6 Å². The lowest BCUT2D eigenvalue weighted by Gasteiger charge is -2.21. The van der Waals surface area contributed by atoms with E-state index in [4.69, 9.17) is 5.11 Å².